The number of anilines is 1. The van der Waals surface area contributed by atoms with Gasteiger partial charge < -0.3 is 20.3 Å². The predicted octanol–water partition coefficient (Wildman–Crippen LogP) is 5.65. The summed E-state index contributed by atoms with van der Waals surface area (Å²) in [5.74, 6) is -0.0238. The maximum absolute atomic E-state index is 13.7. The van der Waals surface area contributed by atoms with Gasteiger partial charge >= 0.3 is 6.09 Å². The number of para-hydroxylation sites is 1. The third kappa shape index (κ3) is 8.81. The number of benzene rings is 2. The first-order valence-corrected chi connectivity index (χ1v) is 14.0. The molecule has 2 unspecified atom stereocenters. The third-order valence-corrected chi connectivity index (χ3v) is 6.66. The number of aryl methyl sites for hydroxylation is 3. The molecule has 0 aliphatic heterocycles. The van der Waals surface area contributed by atoms with Crippen LogP contribution in [0.2, 0.25) is 0 Å². The van der Waals surface area contributed by atoms with Gasteiger partial charge in [0.15, 0.2) is 0 Å². The Morgan fingerprint density at radius 2 is 1.62 bits per heavy atom. The Kier molecular flexibility index (Phi) is 11.0. The Hall–Kier alpha value is -3.00. The van der Waals surface area contributed by atoms with Crippen molar-refractivity contribution in [2.75, 3.05) is 24.4 Å². The Morgan fingerprint density at radius 1 is 1.03 bits per heavy atom. The SMILES string of the molecule is CCc1ccc(C(C(=O)Nc2c(C)cccc2C)N(C)C(=O)C(CCSC)NC(=O)OC(C)(C)C)cc1. The lowest BCUT2D eigenvalue weighted by atomic mass is 10.00. The molecule has 2 N–H and O–H groups in total. The highest BCUT2D eigenvalue weighted by Crippen LogP contribution is 2.26. The molecule has 0 heterocycles. The maximum Gasteiger partial charge on any atom is 0.408 e. The van der Waals surface area contributed by atoms with Gasteiger partial charge in [-0.3, -0.25) is 9.59 Å². The first kappa shape index (κ1) is 30.2. The van der Waals surface area contributed by atoms with Crippen LogP contribution in [0.3, 0.4) is 0 Å². The van der Waals surface area contributed by atoms with E-state index in [1.165, 1.54) is 4.90 Å². The van der Waals surface area contributed by atoms with Crippen LogP contribution in [0.1, 0.15) is 62.4 Å². The molecule has 7 nitrogen and oxygen atoms in total. The number of ether oxygens (including phenoxy) is 1. The summed E-state index contributed by atoms with van der Waals surface area (Å²) < 4.78 is 5.39. The molecule has 0 fully saturated rings. The van der Waals surface area contributed by atoms with E-state index in [4.69, 9.17) is 4.74 Å². The highest BCUT2D eigenvalue weighted by Gasteiger charge is 2.34. The summed E-state index contributed by atoms with van der Waals surface area (Å²) in [4.78, 5) is 41.4. The second-order valence-electron chi connectivity index (χ2n) is 10.2. The summed E-state index contributed by atoms with van der Waals surface area (Å²) >= 11 is 1.58. The standard InChI is InChI=1S/C29H41N3O4S/c1-9-21-13-15-22(16-14-21)25(26(33)31-24-19(2)11-10-12-20(24)3)32(7)27(34)23(17-18-37-8)30-28(35)36-29(4,5)6/h10-16,23,25H,9,17-18H2,1-8H3,(H,30,35)(H,31,33). The lowest BCUT2D eigenvalue weighted by molar-refractivity contribution is -0.139. The summed E-state index contributed by atoms with van der Waals surface area (Å²) in [6.07, 6.45) is 2.55. The molecule has 2 aromatic carbocycles. The summed E-state index contributed by atoms with van der Waals surface area (Å²) in [7, 11) is 1.61. The molecule has 0 saturated heterocycles. The normalized spacial score (nSPS) is 12.9. The quantitative estimate of drug-likeness (QED) is 0.417. The predicted molar refractivity (Wildman–Crippen MR) is 152 cm³/mol. The smallest absolute Gasteiger partial charge is 0.408 e. The average molecular weight is 528 g/mol. The number of likely N-dealkylation sites (N-methyl/N-ethyl adjacent to an activating group) is 1. The van der Waals surface area contributed by atoms with Gasteiger partial charge in [0, 0.05) is 12.7 Å². The number of nitrogens with one attached hydrogen (secondary N) is 2. The number of thioether (sulfide) groups is 1. The number of amides is 3. The van der Waals surface area contributed by atoms with Crippen LogP contribution in [-0.2, 0) is 20.7 Å². The molecule has 8 heteroatoms. The van der Waals surface area contributed by atoms with E-state index in [0.29, 0.717) is 17.7 Å². The number of hydrogen-bond donors (Lipinski definition) is 2. The molecule has 0 spiro atoms. The number of rotatable bonds is 10. The Balaban J connectivity index is 2.41. The third-order valence-electron chi connectivity index (χ3n) is 6.02. The second kappa shape index (κ2) is 13.5. The van der Waals surface area contributed by atoms with Gasteiger partial charge in [-0.25, -0.2) is 4.79 Å². The minimum absolute atomic E-state index is 0.321. The fourth-order valence-corrected chi connectivity index (χ4v) is 4.48. The van der Waals surface area contributed by atoms with Crippen molar-refractivity contribution in [2.45, 2.75) is 72.1 Å². The van der Waals surface area contributed by atoms with Gasteiger partial charge in [-0.1, -0.05) is 49.4 Å². The minimum Gasteiger partial charge on any atom is -0.444 e. The van der Waals surface area contributed by atoms with Gasteiger partial charge in [-0.05, 0) is 81.7 Å². The van der Waals surface area contributed by atoms with Crippen LogP contribution in [0.5, 0.6) is 0 Å². The van der Waals surface area contributed by atoms with Crippen LogP contribution in [0.4, 0.5) is 10.5 Å². The zero-order valence-corrected chi connectivity index (χ0v) is 24.1. The number of carbonyl (C=O) groups is 3. The van der Waals surface area contributed by atoms with E-state index in [0.717, 1.165) is 28.8 Å². The van der Waals surface area contributed by atoms with Crippen LogP contribution >= 0.6 is 11.8 Å². The zero-order valence-electron chi connectivity index (χ0n) is 23.3. The topological polar surface area (TPSA) is 87.7 Å². The van der Waals surface area contributed by atoms with E-state index in [-0.39, 0.29) is 11.8 Å². The summed E-state index contributed by atoms with van der Waals surface area (Å²) in [6, 6.07) is 11.8. The number of hydrogen-bond acceptors (Lipinski definition) is 5. The molecule has 2 rings (SSSR count). The van der Waals surface area contributed by atoms with Gasteiger partial charge in [-0.2, -0.15) is 11.8 Å². The highest BCUT2D eigenvalue weighted by molar-refractivity contribution is 7.98. The average Bonchev–Trinajstić information content (AvgIpc) is 2.83. The second-order valence-corrected chi connectivity index (χ2v) is 11.2. The van der Waals surface area contributed by atoms with Crippen LogP contribution < -0.4 is 10.6 Å². The van der Waals surface area contributed by atoms with Gasteiger partial charge in [-0.15, -0.1) is 0 Å². The molecule has 0 aliphatic carbocycles. The van der Waals surface area contributed by atoms with E-state index in [2.05, 4.69) is 17.6 Å². The van der Waals surface area contributed by atoms with Crippen LogP contribution in [0, 0.1) is 13.8 Å². The van der Waals surface area contributed by atoms with Gasteiger partial charge in [0.2, 0.25) is 5.91 Å². The molecule has 2 atom stereocenters. The molecule has 0 saturated carbocycles. The minimum atomic E-state index is -0.894. The molecule has 0 aromatic heterocycles. The van der Waals surface area contributed by atoms with Crippen molar-refractivity contribution >= 4 is 35.4 Å². The monoisotopic (exact) mass is 527 g/mol. The Morgan fingerprint density at radius 3 is 2.14 bits per heavy atom. The largest absolute Gasteiger partial charge is 0.444 e. The summed E-state index contributed by atoms with van der Waals surface area (Å²) in [5, 5.41) is 5.77. The van der Waals surface area contributed by atoms with Crippen LogP contribution in [0.15, 0.2) is 42.5 Å². The van der Waals surface area contributed by atoms with E-state index >= 15 is 0 Å². The molecule has 0 radical (unpaired) electrons. The molecule has 0 bridgehead atoms. The highest BCUT2D eigenvalue weighted by atomic mass is 32.2. The molecule has 2 aromatic rings. The van der Waals surface area contributed by atoms with Gasteiger partial charge in [0.05, 0.1) is 0 Å². The molecule has 0 aliphatic rings. The van der Waals surface area contributed by atoms with Crippen LogP contribution in [0.25, 0.3) is 0 Å². The molecule has 202 valence electrons. The van der Waals surface area contributed by atoms with Crippen molar-refractivity contribution in [2.24, 2.45) is 0 Å². The maximum atomic E-state index is 13.7. The van der Waals surface area contributed by atoms with Crippen molar-refractivity contribution < 1.29 is 19.1 Å². The van der Waals surface area contributed by atoms with Crippen molar-refractivity contribution in [1.82, 2.24) is 10.2 Å². The molecule has 3 amide bonds. The van der Waals surface area contributed by atoms with Crippen molar-refractivity contribution in [1.29, 1.82) is 0 Å². The van der Waals surface area contributed by atoms with Crippen molar-refractivity contribution in [3.8, 4) is 0 Å². The molecular formula is C29H41N3O4S. The van der Waals surface area contributed by atoms with Crippen LogP contribution in [-0.4, -0.2) is 53.5 Å². The fourth-order valence-electron chi connectivity index (χ4n) is 4.01. The van der Waals surface area contributed by atoms with E-state index in [1.54, 1.807) is 39.6 Å². The summed E-state index contributed by atoms with van der Waals surface area (Å²) in [5.41, 5.74) is 3.74. The molecule has 37 heavy (non-hydrogen) atoms. The number of nitrogens with zero attached hydrogens (tertiary/aromatic N) is 1. The fraction of sp³-hybridized carbons (Fsp3) is 0.483. The van der Waals surface area contributed by atoms with Gasteiger partial charge in [0.1, 0.15) is 17.7 Å². The van der Waals surface area contributed by atoms with E-state index < -0.39 is 23.8 Å². The summed E-state index contributed by atoms with van der Waals surface area (Å²) in [6.45, 7) is 11.2. The lowest BCUT2D eigenvalue weighted by Crippen LogP contribution is -2.51. The van der Waals surface area contributed by atoms with E-state index in [9.17, 15) is 14.4 Å². The van der Waals surface area contributed by atoms with Crippen molar-refractivity contribution in [3.63, 3.8) is 0 Å². The first-order valence-electron chi connectivity index (χ1n) is 12.6. The van der Waals surface area contributed by atoms with Gasteiger partial charge in [0.25, 0.3) is 5.91 Å². The number of alkyl carbamates (subject to hydrolysis) is 1. The first-order chi connectivity index (χ1) is 17.4. The molecular weight excluding hydrogens is 486 g/mol. The van der Waals surface area contributed by atoms with Crippen molar-refractivity contribution in [3.05, 3.63) is 64.7 Å². The lowest BCUT2D eigenvalue weighted by Gasteiger charge is -2.32. The van der Waals surface area contributed by atoms with E-state index in [1.807, 2.05) is 62.6 Å². The zero-order chi connectivity index (χ0) is 27.8. The Bertz CT molecular complexity index is 1060. The number of carbonyl (C=O) groups excluding carboxylic acids is 3. The Labute approximate surface area is 225 Å².